The molecule has 0 bridgehead atoms. The van der Waals surface area contributed by atoms with Crippen molar-refractivity contribution in [1.29, 1.82) is 0 Å². The average Bonchev–Trinajstić information content (AvgIpc) is 3.31. The molecule has 0 aliphatic heterocycles. The number of hydrogen-bond acceptors (Lipinski definition) is 4. The predicted molar refractivity (Wildman–Crippen MR) is 123 cm³/mol. The summed E-state index contributed by atoms with van der Waals surface area (Å²) in [5.41, 5.74) is 1.82. The molecule has 12 heteroatoms. The number of fused-ring (bicyclic) bond motifs is 1. The van der Waals surface area contributed by atoms with Crippen LogP contribution >= 0.6 is 0 Å². The van der Waals surface area contributed by atoms with Gasteiger partial charge in [0, 0.05) is 29.2 Å². The summed E-state index contributed by atoms with van der Waals surface area (Å²) in [6.45, 7) is 0. The Bertz CT molecular complexity index is 1440. The number of urea groups is 1. The number of H-pyrrole nitrogens is 1. The van der Waals surface area contributed by atoms with Crippen LogP contribution in [0.1, 0.15) is 5.56 Å². The van der Waals surface area contributed by atoms with E-state index < -0.39 is 52.9 Å². The number of anilines is 1. The molecule has 0 aliphatic rings. The van der Waals surface area contributed by atoms with Crippen molar-refractivity contribution in [2.45, 2.75) is 12.5 Å². The molecular weight excluding hydrogens is 501 g/mol. The Labute approximate surface area is 206 Å². The Hall–Kier alpha value is -4.61. The van der Waals surface area contributed by atoms with Crippen LogP contribution in [0.5, 0.6) is 11.5 Å². The van der Waals surface area contributed by atoms with E-state index >= 15 is 0 Å². The number of carbonyl (C=O) groups excluding carboxylic acids is 2. The number of esters is 1. The average molecular weight is 519 g/mol. The first-order valence-electron chi connectivity index (χ1n) is 10.7. The van der Waals surface area contributed by atoms with Gasteiger partial charge in [0.2, 0.25) is 34.8 Å². The monoisotopic (exact) mass is 519 g/mol. The van der Waals surface area contributed by atoms with E-state index in [9.17, 15) is 31.5 Å². The summed E-state index contributed by atoms with van der Waals surface area (Å²) in [4.78, 5) is 27.9. The van der Waals surface area contributed by atoms with Crippen LogP contribution in [0.4, 0.5) is 32.4 Å². The number of hydrogen-bond donors (Lipinski definition) is 3. The van der Waals surface area contributed by atoms with Gasteiger partial charge < -0.3 is 25.1 Å². The molecule has 37 heavy (non-hydrogen) atoms. The van der Waals surface area contributed by atoms with Crippen molar-refractivity contribution in [2.24, 2.45) is 0 Å². The predicted octanol–water partition coefficient (Wildman–Crippen LogP) is 5.56. The maximum Gasteiger partial charge on any atom is 0.328 e. The van der Waals surface area contributed by atoms with Gasteiger partial charge in [0.1, 0.15) is 11.8 Å². The topological polar surface area (TPSA) is 92.5 Å². The lowest BCUT2D eigenvalue weighted by Gasteiger charge is -2.17. The summed E-state index contributed by atoms with van der Waals surface area (Å²) in [5, 5.41) is 5.87. The minimum absolute atomic E-state index is 0.138. The van der Waals surface area contributed by atoms with Crippen LogP contribution in [0.2, 0.25) is 0 Å². The molecule has 1 unspecified atom stereocenters. The standard InChI is InChI=1S/C25H18F5N3O4/c1-36-24(34)17(10-12-11-31-16-5-3-2-4-15(12)16)33-25(35)32-13-6-8-14(9-7-13)37-23-21(29)19(27)18(26)20(28)22(23)30/h2-9,11,17,31H,10H2,1H3,(H2,32,33,35). The normalized spacial score (nSPS) is 11.7. The zero-order valence-corrected chi connectivity index (χ0v) is 19.0. The van der Waals surface area contributed by atoms with Crippen LogP contribution in [0.3, 0.4) is 0 Å². The molecule has 192 valence electrons. The lowest BCUT2D eigenvalue weighted by molar-refractivity contribution is -0.142. The molecule has 1 heterocycles. The number of rotatable bonds is 7. The van der Waals surface area contributed by atoms with E-state index in [1.807, 2.05) is 24.3 Å². The molecule has 0 radical (unpaired) electrons. The highest BCUT2D eigenvalue weighted by Crippen LogP contribution is 2.33. The lowest BCUT2D eigenvalue weighted by atomic mass is 10.1. The second-order valence-electron chi connectivity index (χ2n) is 7.76. The molecule has 0 saturated carbocycles. The van der Waals surface area contributed by atoms with Crippen molar-refractivity contribution in [2.75, 3.05) is 12.4 Å². The van der Waals surface area contributed by atoms with E-state index in [1.165, 1.54) is 19.2 Å². The van der Waals surface area contributed by atoms with E-state index in [-0.39, 0.29) is 17.9 Å². The molecule has 4 rings (SSSR count). The smallest absolute Gasteiger partial charge is 0.328 e. The highest BCUT2D eigenvalue weighted by Gasteiger charge is 2.27. The number of amides is 2. The van der Waals surface area contributed by atoms with Crippen molar-refractivity contribution in [3.05, 3.63) is 89.4 Å². The van der Waals surface area contributed by atoms with Crippen LogP contribution in [0.15, 0.2) is 54.7 Å². The van der Waals surface area contributed by atoms with Crippen LogP contribution in [-0.2, 0) is 16.0 Å². The van der Waals surface area contributed by atoms with Crippen molar-refractivity contribution in [3.63, 3.8) is 0 Å². The lowest BCUT2D eigenvalue weighted by Crippen LogP contribution is -2.45. The second kappa shape index (κ2) is 10.6. The molecule has 0 spiro atoms. The number of aromatic amines is 1. The fraction of sp³-hybridized carbons (Fsp3) is 0.120. The quantitative estimate of drug-likeness (QED) is 0.129. The third-order valence-electron chi connectivity index (χ3n) is 5.39. The first kappa shape index (κ1) is 25.5. The van der Waals surface area contributed by atoms with Crippen LogP contribution in [0.25, 0.3) is 10.9 Å². The van der Waals surface area contributed by atoms with E-state index in [4.69, 9.17) is 9.47 Å². The van der Waals surface area contributed by atoms with Crippen LogP contribution in [0, 0.1) is 29.1 Å². The van der Waals surface area contributed by atoms with Crippen LogP contribution < -0.4 is 15.4 Å². The van der Waals surface area contributed by atoms with Gasteiger partial charge in [0.05, 0.1) is 7.11 Å². The van der Waals surface area contributed by atoms with Gasteiger partial charge >= 0.3 is 12.0 Å². The zero-order chi connectivity index (χ0) is 26.7. The zero-order valence-electron chi connectivity index (χ0n) is 19.0. The molecular formula is C25H18F5N3O4. The first-order chi connectivity index (χ1) is 17.7. The van der Waals surface area contributed by atoms with Crippen LogP contribution in [-0.4, -0.2) is 30.1 Å². The van der Waals surface area contributed by atoms with E-state index in [0.29, 0.717) is 0 Å². The minimum Gasteiger partial charge on any atom is -0.467 e. The number of aromatic nitrogens is 1. The molecule has 0 saturated heterocycles. The number of ether oxygens (including phenoxy) is 2. The number of halogens is 5. The van der Waals surface area contributed by atoms with E-state index in [1.54, 1.807) is 6.20 Å². The molecule has 1 atom stereocenters. The molecule has 4 aromatic rings. The summed E-state index contributed by atoms with van der Waals surface area (Å²) in [6.07, 6.45) is 1.86. The van der Waals surface area contributed by atoms with E-state index in [0.717, 1.165) is 28.6 Å². The summed E-state index contributed by atoms with van der Waals surface area (Å²) in [5.74, 6) is -13.2. The minimum atomic E-state index is -2.30. The molecule has 7 nitrogen and oxygen atoms in total. The number of para-hydroxylation sites is 1. The highest BCUT2D eigenvalue weighted by atomic mass is 19.2. The van der Waals surface area contributed by atoms with Gasteiger partial charge in [0.25, 0.3) is 0 Å². The van der Waals surface area contributed by atoms with Gasteiger partial charge in [-0.25, -0.2) is 22.8 Å². The Morgan fingerprint density at radius 2 is 1.51 bits per heavy atom. The van der Waals surface area contributed by atoms with Gasteiger partial charge in [-0.1, -0.05) is 18.2 Å². The number of carbonyl (C=O) groups is 2. The summed E-state index contributed by atoms with van der Waals surface area (Å²) in [6, 6.07) is 10.4. The Kier molecular flexibility index (Phi) is 7.27. The summed E-state index contributed by atoms with van der Waals surface area (Å²) < 4.78 is 77.2. The fourth-order valence-corrected chi connectivity index (χ4v) is 3.58. The van der Waals surface area contributed by atoms with Crippen molar-refractivity contribution in [3.8, 4) is 11.5 Å². The fourth-order valence-electron chi connectivity index (χ4n) is 3.58. The van der Waals surface area contributed by atoms with Gasteiger partial charge in [-0.05, 0) is 35.9 Å². The van der Waals surface area contributed by atoms with E-state index in [2.05, 4.69) is 15.6 Å². The third kappa shape index (κ3) is 5.32. The SMILES string of the molecule is COC(=O)C(Cc1c[nH]c2ccccc12)NC(=O)Nc1ccc(Oc2c(F)c(F)c(F)c(F)c2F)cc1. The van der Waals surface area contributed by atoms with Crippen molar-refractivity contribution >= 4 is 28.6 Å². The van der Waals surface area contributed by atoms with Gasteiger partial charge in [-0.2, -0.15) is 8.78 Å². The molecule has 3 N–H and O–H groups in total. The molecule has 1 aromatic heterocycles. The maximum atomic E-state index is 13.8. The maximum absolute atomic E-state index is 13.8. The number of methoxy groups -OCH3 is 1. The van der Waals surface area contributed by atoms with Gasteiger partial charge in [-0.15, -0.1) is 0 Å². The summed E-state index contributed by atoms with van der Waals surface area (Å²) in [7, 11) is 1.19. The molecule has 0 fully saturated rings. The number of nitrogens with one attached hydrogen (secondary N) is 3. The molecule has 0 aliphatic carbocycles. The van der Waals surface area contributed by atoms with Crippen molar-refractivity contribution in [1.82, 2.24) is 10.3 Å². The first-order valence-corrected chi connectivity index (χ1v) is 10.7. The number of benzene rings is 3. The second-order valence-corrected chi connectivity index (χ2v) is 7.76. The molecule has 2 amide bonds. The third-order valence-corrected chi connectivity index (χ3v) is 5.39. The largest absolute Gasteiger partial charge is 0.467 e. The Morgan fingerprint density at radius 1 is 0.892 bits per heavy atom. The van der Waals surface area contributed by atoms with Gasteiger partial charge in [0.15, 0.2) is 0 Å². The Balaban J connectivity index is 1.43. The Morgan fingerprint density at radius 3 is 2.16 bits per heavy atom. The highest BCUT2D eigenvalue weighted by molar-refractivity contribution is 5.93. The van der Waals surface area contributed by atoms with Gasteiger partial charge in [-0.3, -0.25) is 0 Å². The molecule has 3 aromatic carbocycles. The summed E-state index contributed by atoms with van der Waals surface area (Å²) >= 11 is 0. The van der Waals surface area contributed by atoms with Crippen molar-refractivity contribution < 1.29 is 41.0 Å².